The lowest BCUT2D eigenvalue weighted by Crippen LogP contribution is -2.50. The van der Waals surface area contributed by atoms with Crippen LogP contribution in [0, 0.1) is 0 Å². The maximum atomic E-state index is 12.5. The van der Waals surface area contributed by atoms with Crippen LogP contribution >= 0.6 is 0 Å². The van der Waals surface area contributed by atoms with Crippen LogP contribution < -0.4 is 9.47 Å². The quantitative estimate of drug-likeness (QED) is 0.838. The van der Waals surface area contributed by atoms with Gasteiger partial charge >= 0.3 is 0 Å². The number of likely N-dealkylation sites (tertiary alicyclic amines) is 1. The van der Waals surface area contributed by atoms with Crippen LogP contribution in [0.25, 0.3) is 0 Å². The third-order valence-electron chi connectivity index (χ3n) is 3.85. The molecular weight excluding hydrogens is 258 g/mol. The topological polar surface area (TPSA) is 59.0 Å². The summed E-state index contributed by atoms with van der Waals surface area (Å²) in [4.78, 5) is 14.2. The van der Waals surface area contributed by atoms with E-state index in [1.807, 2.05) is 25.1 Å². The number of rotatable bonds is 1. The molecule has 108 valence electrons. The van der Waals surface area contributed by atoms with Crippen molar-refractivity contribution in [2.24, 2.45) is 0 Å². The van der Waals surface area contributed by atoms with Gasteiger partial charge in [0.15, 0.2) is 11.5 Å². The van der Waals surface area contributed by atoms with Crippen LogP contribution in [0.2, 0.25) is 0 Å². The smallest absolute Gasteiger partial charge is 0.267 e. The molecule has 0 aromatic heterocycles. The van der Waals surface area contributed by atoms with E-state index < -0.39 is 11.7 Å². The van der Waals surface area contributed by atoms with Crippen LogP contribution in [-0.4, -0.2) is 46.8 Å². The van der Waals surface area contributed by atoms with Gasteiger partial charge in [-0.3, -0.25) is 4.79 Å². The van der Waals surface area contributed by atoms with E-state index >= 15 is 0 Å². The summed E-state index contributed by atoms with van der Waals surface area (Å²) in [5, 5.41) is 9.97. The maximum absolute atomic E-state index is 12.5. The van der Waals surface area contributed by atoms with Gasteiger partial charge in [-0.15, -0.1) is 0 Å². The minimum Gasteiger partial charge on any atom is -0.482 e. The number of hydrogen-bond acceptors (Lipinski definition) is 4. The first-order valence-corrected chi connectivity index (χ1v) is 6.90. The van der Waals surface area contributed by atoms with E-state index in [0.29, 0.717) is 31.0 Å². The molecule has 5 nitrogen and oxygen atoms in total. The van der Waals surface area contributed by atoms with Crippen LogP contribution in [-0.2, 0) is 4.79 Å². The molecule has 2 heterocycles. The number of aliphatic hydroxyl groups is 1. The van der Waals surface area contributed by atoms with Gasteiger partial charge in [0.2, 0.25) is 6.10 Å². The van der Waals surface area contributed by atoms with E-state index in [1.54, 1.807) is 17.9 Å². The number of para-hydroxylation sites is 2. The SMILES string of the molecule is CC1Oc2ccccc2OC1C(=O)N1CCC(C)(O)C1. The van der Waals surface area contributed by atoms with Gasteiger partial charge in [0, 0.05) is 13.1 Å². The summed E-state index contributed by atoms with van der Waals surface area (Å²) in [7, 11) is 0. The van der Waals surface area contributed by atoms with Crippen molar-refractivity contribution >= 4 is 5.91 Å². The Morgan fingerprint density at radius 1 is 1.35 bits per heavy atom. The van der Waals surface area contributed by atoms with Crippen molar-refractivity contribution in [3.8, 4) is 11.5 Å². The van der Waals surface area contributed by atoms with Crippen LogP contribution in [0.5, 0.6) is 11.5 Å². The minimum absolute atomic E-state index is 0.121. The molecular formula is C15H19NO4. The molecule has 3 atom stereocenters. The molecule has 5 heteroatoms. The molecule has 1 aromatic carbocycles. The highest BCUT2D eigenvalue weighted by Gasteiger charge is 2.41. The fourth-order valence-corrected chi connectivity index (χ4v) is 2.70. The first-order chi connectivity index (χ1) is 9.46. The molecule has 2 aliphatic rings. The zero-order valence-corrected chi connectivity index (χ0v) is 11.7. The maximum Gasteiger partial charge on any atom is 0.267 e. The normalized spacial score (nSPS) is 32.2. The molecule has 1 N–H and O–H groups in total. The van der Waals surface area contributed by atoms with Crippen molar-refractivity contribution in [1.82, 2.24) is 4.90 Å². The van der Waals surface area contributed by atoms with Gasteiger partial charge in [-0.25, -0.2) is 0 Å². The van der Waals surface area contributed by atoms with E-state index in [4.69, 9.17) is 9.47 Å². The summed E-state index contributed by atoms with van der Waals surface area (Å²) in [5.41, 5.74) is -0.799. The molecule has 1 aromatic rings. The first kappa shape index (κ1) is 13.2. The Hall–Kier alpha value is -1.75. The molecule has 0 bridgehead atoms. The fourth-order valence-electron chi connectivity index (χ4n) is 2.70. The average molecular weight is 277 g/mol. The van der Waals surface area contributed by atoms with Crippen molar-refractivity contribution in [3.05, 3.63) is 24.3 Å². The Balaban J connectivity index is 1.76. The van der Waals surface area contributed by atoms with Crippen molar-refractivity contribution in [2.45, 2.75) is 38.1 Å². The van der Waals surface area contributed by atoms with Crippen molar-refractivity contribution in [2.75, 3.05) is 13.1 Å². The summed E-state index contributed by atoms with van der Waals surface area (Å²) in [6.45, 7) is 4.48. The number of hydrogen-bond donors (Lipinski definition) is 1. The monoisotopic (exact) mass is 277 g/mol. The number of amides is 1. The average Bonchev–Trinajstić information content (AvgIpc) is 2.77. The van der Waals surface area contributed by atoms with E-state index in [9.17, 15) is 9.90 Å². The van der Waals surface area contributed by atoms with Crippen molar-refractivity contribution in [1.29, 1.82) is 0 Å². The van der Waals surface area contributed by atoms with Crippen LogP contribution in [0.4, 0.5) is 0 Å². The van der Waals surface area contributed by atoms with Gasteiger partial charge in [-0.2, -0.15) is 0 Å². The van der Waals surface area contributed by atoms with Gasteiger partial charge in [0.25, 0.3) is 5.91 Å². The van der Waals surface area contributed by atoms with Gasteiger partial charge in [-0.1, -0.05) is 12.1 Å². The molecule has 2 aliphatic heterocycles. The molecule has 1 saturated heterocycles. The summed E-state index contributed by atoms with van der Waals surface area (Å²) in [5.74, 6) is 1.14. The van der Waals surface area contributed by atoms with Crippen LogP contribution in [0.3, 0.4) is 0 Å². The van der Waals surface area contributed by atoms with Crippen molar-refractivity contribution < 1.29 is 19.4 Å². The number of ether oxygens (including phenoxy) is 2. The Morgan fingerprint density at radius 3 is 2.60 bits per heavy atom. The Morgan fingerprint density at radius 2 is 2.00 bits per heavy atom. The lowest BCUT2D eigenvalue weighted by atomic mass is 10.1. The second-order valence-electron chi connectivity index (χ2n) is 5.81. The molecule has 0 radical (unpaired) electrons. The van der Waals surface area contributed by atoms with Gasteiger partial charge in [0.1, 0.15) is 6.10 Å². The minimum atomic E-state index is -0.799. The number of carbonyl (C=O) groups is 1. The molecule has 1 fully saturated rings. The lowest BCUT2D eigenvalue weighted by molar-refractivity contribution is -0.144. The van der Waals surface area contributed by atoms with Crippen LogP contribution in [0.15, 0.2) is 24.3 Å². The van der Waals surface area contributed by atoms with E-state index in [0.717, 1.165) is 0 Å². The lowest BCUT2D eigenvalue weighted by Gasteiger charge is -2.33. The zero-order valence-electron chi connectivity index (χ0n) is 11.7. The summed E-state index contributed by atoms with van der Waals surface area (Å²) >= 11 is 0. The third kappa shape index (κ3) is 2.33. The van der Waals surface area contributed by atoms with E-state index in [2.05, 4.69) is 0 Å². The molecule has 0 spiro atoms. The standard InChI is InChI=1S/C15H19NO4/c1-10-13(14(17)16-8-7-15(2,18)9-16)20-12-6-4-3-5-11(12)19-10/h3-6,10,13,18H,7-9H2,1-2H3. The summed E-state index contributed by atoms with van der Waals surface area (Å²) in [6, 6.07) is 7.34. The van der Waals surface area contributed by atoms with Gasteiger partial charge < -0.3 is 19.5 Å². The molecule has 20 heavy (non-hydrogen) atoms. The van der Waals surface area contributed by atoms with Crippen LogP contribution in [0.1, 0.15) is 20.3 Å². The first-order valence-electron chi connectivity index (χ1n) is 6.90. The van der Waals surface area contributed by atoms with E-state index in [1.165, 1.54) is 0 Å². The fraction of sp³-hybridized carbons (Fsp3) is 0.533. The second-order valence-corrected chi connectivity index (χ2v) is 5.81. The molecule has 1 amide bonds. The van der Waals surface area contributed by atoms with E-state index in [-0.39, 0.29) is 12.0 Å². The number of β-amino-alcohol motifs (C(OH)–C–C–N with tert-alkyl or cyclic N) is 1. The Bertz CT molecular complexity index is 528. The Labute approximate surface area is 118 Å². The highest BCUT2D eigenvalue weighted by atomic mass is 16.6. The molecule has 0 saturated carbocycles. The number of benzene rings is 1. The number of carbonyl (C=O) groups excluding carboxylic acids is 1. The third-order valence-corrected chi connectivity index (χ3v) is 3.85. The number of fused-ring (bicyclic) bond motifs is 1. The van der Waals surface area contributed by atoms with Gasteiger partial charge in [-0.05, 0) is 32.4 Å². The summed E-state index contributed by atoms with van der Waals surface area (Å²) in [6.07, 6.45) is -0.404. The molecule has 3 rings (SSSR count). The predicted octanol–water partition coefficient (Wildman–Crippen LogP) is 1.20. The molecule has 3 unspecified atom stereocenters. The summed E-state index contributed by atoms with van der Waals surface area (Å²) < 4.78 is 11.5. The second kappa shape index (κ2) is 4.66. The predicted molar refractivity (Wildman–Crippen MR) is 72.8 cm³/mol. The zero-order chi connectivity index (χ0) is 14.3. The largest absolute Gasteiger partial charge is 0.482 e. The Kier molecular flexibility index (Phi) is 3.09. The van der Waals surface area contributed by atoms with Crippen molar-refractivity contribution in [3.63, 3.8) is 0 Å². The van der Waals surface area contributed by atoms with Gasteiger partial charge in [0.05, 0.1) is 5.60 Å². The highest BCUT2D eigenvalue weighted by molar-refractivity contribution is 5.82. The highest BCUT2D eigenvalue weighted by Crippen LogP contribution is 2.34. The number of nitrogens with zero attached hydrogens (tertiary/aromatic N) is 1. The molecule has 0 aliphatic carbocycles.